The molecule has 0 N–H and O–H groups in total. The first-order valence-corrected chi connectivity index (χ1v) is 8.48. The number of nitrogens with zero attached hydrogens (tertiary/aromatic N) is 1. The average Bonchev–Trinajstić information content (AvgIpc) is 2.97. The Labute approximate surface area is 122 Å². The first-order chi connectivity index (χ1) is 9.62. The monoisotopic (exact) mass is 307 g/mol. The van der Waals surface area contributed by atoms with Gasteiger partial charge in [-0.15, -0.1) is 11.3 Å². The van der Waals surface area contributed by atoms with Crippen LogP contribution in [0.2, 0.25) is 0 Å². The zero-order valence-electron chi connectivity index (χ0n) is 10.7. The van der Waals surface area contributed by atoms with Crippen LogP contribution in [0.4, 0.5) is 0 Å². The molecule has 0 aliphatic rings. The first-order valence-electron chi connectivity index (χ1n) is 5.95. The van der Waals surface area contributed by atoms with Crippen molar-refractivity contribution in [3.05, 3.63) is 52.2 Å². The summed E-state index contributed by atoms with van der Waals surface area (Å²) in [6.45, 7) is 0.584. The molecule has 1 aromatic heterocycles. The Hall–Kier alpha value is -1.68. The zero-order valence-corrected chi connectivity index (χ0v) is 12.3. The third-order valence-electron chi connectivity index (χ3n) is 2.66. The van der Waals surface area contributed by atoms with Crippen LogP contribution in [0.3, 0.4) is 0 Å². The molecule has 1 heterocycles. The molecule has 0 radical (unpaired) electrons. The number of ether oxygens (including phenoxy) is 1. The summed E-state index contributed by atoms with van der Waals surface area (Å²) in [5.74, 6) is -0.0652. The molecule has 2 rings (SSSR count). The van der Waals surface area contributed by atoms with Crippen LogP contribution < -0.4 is 0 Å². The predicted octanol–water partition coefficient (Wildman–Crippen LogP) is 2.61. The SMILES string of the molecule is N#Cc1ccc(S(=O)(=O)CCOCc2cccs2)cc1. The summed E-state index contributed by atoms with van der Waals surface area (Å²) in [6.07, 6.45) is 0. The van der Waals surface area contributed by atoms with Gasteiger partial charge in [0.25, 0.3) is 0 Å². The van der Waals surface area contributed by atoms with Crippen molar-refractivity contribution in [2.45, 2.75) is 11.5 Å². The molecule has 20 heavy (non-hydrogen) atoms. The predicted molar refractivity (Wildman–Crippen MR) is 77.2 cm³/mol. The Bertz CT molecular complexity index is 683. The van der Waals surface area contributed by atoms with Gasteiger partial charge < -0.3 is 4.74 Å². The molecular weight excluding hydrogens is 294 g/mol. The largest absolute Gasteiger partial charge is 0.375 e. The van der Waals surface area contributed by atoms with Gasteiger partial charge in [0.15, 0.2) is 9.84 Å². The minimum atomic E-state index is -3.36. The molecule has 0 saturated carbocycles. The van der Waals surface area contributed by atoms with E-state index >= 15 is 0 Å². The summed E-state index contributed by atoms with van der Waals surface area (Å²) < 4.78 is 29.4. The second kappa shape index (κ2) is 6.66. The van der Waals surface area contributed by atoms with Gasteiger partial charge in [-0.3, -0.25) is 0 Å². The van der Waals surface area contributed by atoms with Crippen molar-refractivity contribution in [3.63, 3.8) is 0 Å². The fourth-order valence-electron chi connectivity index (χ4n) is 1.59. The van der Waals surface area contributed by atoms with Crippen LogP contribution >= 0.6 is 11.3 Å². The smallest absolute Gasteiger partial charge is 0.180 e. The summed E-state index contributed by atoms with van der Waals surface area (Å²) in [6, 6.07) is 11.7. The van der Waals surface area contributed by atoms with Crippen molar-refractivity contribution in [1.29, 1.82) is 5.26 Å². The summed E-state index contributed by atoms with van der Waals surface area (Å²) in [5.41, 5.74) is 0.442. The fourth-order valence-corrected chi connectivity index (χ4v) is 3.35. The van der Waals surface area contributed by atoms with E-state index in [0.717, 1.165) is 4.88 Å². The second-order valence-electron chi connectivity index (χ2n) is 4.09. The molecule has 0 amide bonds. The van der Waals surface area contributed by atoms with Gasteiger partial charge >= 0.3 is 0 Å². The van der Waals surface area contributed by atoms with Crippen LogP contribution in [-0.2, 0) is 21.2 Å². The number of rotatable bonds is 6. The third kappa shape index (κ3) is 3.90. The van der Waals surface area contributed by atoms with Gasteiger partial charge in [-0.1, -0.05) is 6.07 Å². The van der Waals surface area contributed by atoms with E-state index < -0.39 is 9.84 Å². The Morgan fingerprint density at radius 1 is 1.20 bits per heavy atom. The fraction of sp³-hybridized carbons (Fsp3) is 0.214. The molecule has 0 spiro atoms. The third-order valence-corrected chi connectivity index (χ3v) is 5.21. The van der Waals surface area contributed by atoms with Crippen molar-refractivity contribution < 1.29 is 13.2 Å². The van der Waals surface area contributed by atoms with Crippen molar-refractivity contribution in [1.82, 2.24) is 0 Å². The zero-order chi connectivity index (χ0) is 14.4. The van der Waals surface area contributed by atoms with Crippen LogP contribution in [0.5, 0.6) is 0 Å². The lowest BCUT2D eigenvalue weighted by atomic mass is 10.2. The molecule has 0 aliphatic heterocycles. The van der Waals surface area contributed by atoms with Crippen LogP contribution in [0.25, 0.3) is 0 Å². The molecule has 1 aromatic carbocycles. The van der Waals surface area contributed by atoms with E-state index in [1.807, 2.05) is 23.6 Å². The van der Waals surface area contributed by atoms with Crippen LogP contribution in [0.15, 0.2) is 46.7 Å². The van der Waals surface area contributed by atoms with Crippen molar-refractivity contribution >= 4 is 21.2 Å². The molecule has 0 aliphatic carbocycles. The van der Waals surface area contributed by atoms with Crippen molar-refractivity contribution in [2.24, 2.45) is 0 Å². The van der Waals surface area contributed by atoms with Crippen LogP contribution in [0.1, 0.15) is 10.4 Å². The summed E-state index contributed by atoms with van der Waals surface area (Å²) in [7, 11) is -3.36. The lowest BCUT2D eigenvalue weighted by Gasteiger charge is -2.05. The average molecular weight is 307 g/mol. The maximum atomic E-state index is 12.0. The molecule has 2 aromatic rings. The van der Waals surface area contributed by atoms with Crippen LogP contribution in [0, 0.1) is 11.3 Å². The second-order valence-corrected chi connectivity index (χ2v) is 7.23. The van der Waals surface area contributed by atoms with Gasteiger partial charge in [0.05, 0.1) is 35.5 Å². The molecule has 0 bridgehead atoms. The number of hydrogen-bond donors (Lipinski definition) is 0. The molecular formula is C14H13NO3S2. The van der Waals surface area contributed by atoms with Gasteiger partial charge in [0.1, 0.15) is 0 Å². The van der Waals surface area contributed by atoms with Gasteiger partial charge in [0.2, 0.25) is 0 Å². The first kappa shape index (κ1) is 14.7. The van der Waals surface area contributed by atoms with E-state index in [9.17, 15) is 8.42 Å². The minimum absolute atomic E-state index is 0.0652. The Kier molecular flexibility index (Phi) is 4.90. The van der Waals surface area contributed by atoms with E-state index in [1.54, 1.807) is 11.3 Å². The Morgan fingerprint density at radius 3 is 2.55 bits per heavy atom. The number of nitriles is 1. The molecule has 0 saturated heterocycles. The molecule has 0 fully saturated rings. The Morgan fingerprint density at radius 2 is 1.95 bits per heavy atom. The van der Waals surface area contributed by atoms with E-state index in [0.29, 0.717) is 12.2 Å². The highest BCUT2D eigenvalue weighted by molar-refractivity contribution is 7.91. The maximum Gasteiger partial charge on any atom is 0.180 e. The van der Waals surface area contributed by atoms with Gasteiger partial charge in [-0.2, -0.15) is 5.26 Å². The number of sulfone groups is 1. The number of thiophene rings is 1. The number of hydrogen-bond acceptors (Lipinski definition) is 5. The van der Waals surface area contributed by atoms with Gasteiger partial charge in [-0.25, -0.2) is 8.42 Å². The molecule has 4 nitrogen and oxygen atoms in total. The van der Waals surface area contributed by atoms with Gasteiger partial charge in [-0.05, 0) is 35.7 Å². The lowest BCUT2D eigenvalue weighted by molar-refractivity contribution is 0.137. The topological polar surface area (TPSA) is 67.2 Å². The van der Waals surface area contributed by atoms with E-state index in [4.69, 9.17) is 10.00 Å². The van der Waals surface area contributed by atoms with E-state index in [-0.39, 0.29) is 17.3 Å². The highest BCUT2D eigenvalue weighted by Gasteiger charge is 2.14. The quantitative estimate of drug-likeness (QED) is 0.769. The Balaban J connectivity index is 1.88. The van der Waals surface area contributed by atoms with Gasteiger partial charge in [0, 0.05) is 4.88 Å². The van der Waals surface area contributed by atoms with Crippen molar-refractivity contribution in [2.75, 3.05) is 12.4 Å². The molecule has 0 atom stereocenters. The molecule has 0 unspecified atom stereocenters. The number of benzene rings is 1. The summed E-state index contributed by atoms with van der Waals surface area (Å²) >= 11 is 1.58. The maximum absolute atomic E-state index is 12.0. The molecule has 104 valence electrons. The standard InChI is InChI=1S/C14H13NO3S2/c15-10-12-3-5-14(6-4-12)20(16,17)9-7-18-11-13-2-1-8-19-13/h1-6,8H,7,9,11H2. The van der Waals surface area contributed by atoms with E-state index in [1.165, 1.54) is 24.3 Å². The van der Waals surface area contributed by atoms with Crippen molar-refractivity contribution in [3.8, 4) is 6.07 Å². The minimum Gasteiger partial charge on any atom is -0.375 e. The highest BCUT2D eigenvalue weighted by atomic mass is 32.2. The highest BCUT2D eigenvalue weighted by Crippen LogP contribution is 2.13. The summed E-state index contributed by atoms with van der Waals surface area (Å²) in [5, 5.41) is 10.6. The molecule has 6 heteroatoms. The lowest BCUT2D eigenvalue weighted by Crippen LogP contribution is -2.12. The van der Waals surface area contributed by atoms with E-state index in [2.05, 4.69) is 0 Å². The normalized spacial score (nSPS) is 11.2. The summed E-state index contributed by atoms with van der Waals surface area (Å²) in [4.78, 5) is 1.29. The van der Waals surface area contributed by atoms with Crippen LogP contribution in [-0.4, -0.2) is 20.8 Å².